The number of hydrogen-bond donors (Lipinski definition) is 2. The third kappa shape index (κ3) is 62.3. The zero-order chi connectivity index (χ0) is 57.0. The van der Waals surface area contributed by atoms with Crippen molar-refractivity contribution in [2.45, 2.75) is 360 Å². The van der Waals surface area contributed by atoms with E-state index in [1.807, 2.05) is 27.2 Å². The Morgan fingerprint density at radius 3 is 1.06 bits per heavy atom. The molecule has 3 atom stereocenters. The lowest BCUT2D eigenvalue weighted by molar-refractivity contribution is -0.870. The van der Waals surface area contributed by atoms with E-state index in [9.17, 15) is 19.4 Å². The SMILES string of the molecule is CCCCCCC/C=C\C/C=C\CCCCCCCCCCCCCCCCCCCCCC(=O)NC(COP(=O)([O-])OCC[N+](C)(C)C)C(O)/C=C/CCCCCCCCCCCCCCCCCCCCCCCCC. The van der Waals surface area contributed by atoms with E-state index in [0.29, 0.717) is 17.4 Å². The average Bonchev–Trinajstić information content (AvgIpc) is 3.41. The molecule has 462 valence electrons. The van der Waals surface area contributed by atoms with E-state index in [4.69, 9.17) is 9.05 Å². The van der Waals surface area contributed by atoms with Crippen LogP contribution >= 0.6 is 7.82 Å². The van der Waals surface area contributed by atoms with Crippen molar-refractivity contribution in [3.8, 4) is 0 Å². The van der Waals surface area contributed by atoms with E-state index < -0.39 is 20.0 Å². The number of rotatable bonds is 64. The number of aliphatic hydroxyl groups is 1. The summed E-state index contributed by atoms with van der Waals surface area (Å²) in [6, 6.07) is -0.886. The first-order valence-electron chi connectivity index (χ1n) is 34.4. The first-order valence-corrected chi connectivity index (χ1v) is 35.8. The summed E-state index contributed by atoms with van der Waals surface area (Å²) in [5.41, 5.74) is 0. The summed E-state index contributed by atoms with van der Waals surface area (Å²) in [6.07, 6.45) is 79.7. The highest BCUT2D eigenvalue weighted by molar-refractivity contribution is 7.45. The normalized spacial score (nSPS) is 13.9. The number of hydrogen-bond acceptors (Lipinski definition) is 6. The zero-order valence-corrected chi connectivity index (χ0v) is 53.8. The molecule has 2 N–H and O–H groups in total. The van der Waals surface area contributed by atoms with Crippen molar-refractivity contribution >= 4 is 13.7 Å². The molecule has 0 aromatic carbocycles. The van der Waals surface area contributed by atoms with Gasteiger partial charge >= 0.3 is 0 Å². The summed E-state index contributed by atoms with van der Waals surface area (Å²) in [7, 11) is 1.28. The molecule has 0 heterocycles. The number of phosphoric ester groups is 1. The number of allylic oxidation sites excluding steroid dienone is 5. The van der Waals surface area contributed by atoms with Gasteiger partial charge in [-0.3, -0.25) is 9.36 Å². The molecule has 78 heavy (non-hydrogen) atoms. The molecule has 0 rings (SSSR count). The number of carbonyl (C=O) groups is 1. The van der Waals surface area contributed by atoms with Crippen LogP contribution in [0.3, 0.4) is 0 Å². The number of quaternary nitrogens is 1. The number of carbonyl (C=O) groups excluding carboxylic acids is 1. The van der Waals surface area contributed by atoms with Crippen molar-refractivity contribution in [3.05, 3.63) is 36.5 Å². The summed E-state index contributed by atoms with van der Waals surface area (Å²) >= 11 is 0. The van der Waals surface area contributed by atoms with Crippen molar-refractivity contribution in [2.75, 3.05) is 40.9 Å². The maximum Gasteiger partial charge on any atom is 0.268 e. The van der Waals surface area contributed by atoms with E-state index in [2.05, 4.69) is 43.5 Å². The monoisotopic (exact) mass is 1120 g/mol. The van der Waals surface area contributed by atoms with Crippen LogP contribution in [0.25, 0.3) is 0 Å². The van der Waals surface area contributed by atoms with E-state index >= 15 is 0 Å². The number of amides is 1. The minimum Gasteiger partial charge on any atom is -0.756 e. The third-order valence-corrected chi connectivity index (χ3v) is 16.8. The van der Waals surface area contributed by atoms with Crippen LogP contribution in [0.4, 0.5) is 0 Å². The molecule has 8 nitrogen and oxygen atoms in total. The van der Waals surface area contributed by atoms with E-state index in [1.54, 1.807) is 6.08 Å². The second-order valence-electron chi connectivity index (χ2n) is 24.9. The predicted octanol–water partition coefficient (Wildman–Crippen LogP) is 21.0. The quantitative estimate of drug-likeness (QED) is 0.0272. The van der Waals surface area contributed by atoms with Gasteiger partial charge in [-0.15, -0.1) is 0 Å². The van der Waals surface area contributed by atoms with Gasteiger partial charge in [0.15, 0.2) is 0 Å². The molecule has 0 fully saturated rings. The molecule has 0 saturated heterocycles. The average molecular weight is 1120 g/mol. The van der Waals surface area contributed by atoms with Gasteiger partial charge in [-0.05, 0) is 51.4 Å². The Balaban J connectivity index is 4.05. The van der Waals surface area contributed by atoms with Gasteiger partial charge in [0.1, 0.15) is 13.2 Å². The van der Waals surface area contributed by atoms with Crippen LogP contribution < -0.4 is 10.2 Å². The first-order chi connectivity index (χ1) is 38.0. The van der Waals surface area contributed by atoms with E-state index in [-0.39, 0.29) is 19.1 Å². The fourth-order valence-corrected chi connectivity index (χ4v) is 11.2. The summed E-state index contributed by atoms with van der Waals surface area (Å²) < 4.78 is 23.5. The van der Waals surface area contributed by atoms with Crippen molar-refractivity contribution < 1.29 is 32.9 Å². The first kappa shape index (κ1) is 76.7. The predicted molar refractivity (Wildman–Crippen MR) is 339 cm³/mol. The van der Waals surface area contributed by atoms with E-state index in [0.717, 1.165) is 44.9 Å². The van der Waals surface area contributed by atoms with Gasteiger partial charge < -0.3 is 28.8 Å². The molecule has 1 amide bonds. The maximum absolute atomic E-state index is 13.0. The molecule has 0 saturated carbocycles. The lowest BCUT2D eigenvalue weighted by Crippen LogP contribution is -2.45. The lowest BCUT2D eigenvalue weighted by Gasteiger charge is -2.29. The van der Waals surface area contributed by atoms with Crippen molar-refractivity contribution in [1.82, 2.24) is 5.32 Å². The standard InChI is InChI=1S/C69H135N2O6P/c1-6-8-10-12-14-16-18-20-22-24-26-28-30-32-33-34-35-36-37-39-41-43-45-47-49-51-53-55-57-59-61-63-69(73)70-67(66-77-78(74,75)76-65-64-71(3,4)5)68(72)62-60-58-56-54-52-50-48-46-44-42-40-38-31-29-27-25-23-21-19-17-15-13-11-9-7-2/h18,20,24,26,60,62,67-68,72H,6-17,19,21-23,25,27-59,61,63-66H2,1-5H3,(H-,70,73,74,75)/b20-18-,26-24-,62-60+. The minimum atomic E-state index is -4.60. The molecule has 0 aromatic rings. The van der Waals surface area contributed by atoms with E-state index in [1.165, 1.54) is 283 Å². The second-order valence-corrected chi connectivity index (χ2v) is 26.3. The number of unbranched alkanes of at least 4 members (excludes halogenated alkanes) is 47. The Kier molecular flexibility index (Phi) is 59.3. The molecule has 0 aliphatic heterocycles. The fourth-order valence-electron chi connectivity index (χ4n) is 10.5. The van der Waals surface area contributed by atoms with Crippen LogP contribution in [-0.2, 0) is 18.4 Å². The smallest absolute Gasteiger partial charge is 0.268 e. The summed E-state index contributed by atoms with van der Waals surface area (Å²) in [6.45, 7) is 4.69. The van der Waals surface area contributed by atoms with Gasteiger partial charge in [0.25, 0.3) is 7.82 Å². The summed E-state index contributed by atoms with van der Waals surface area (Å²) in [5.74, 6) is -0.190. The molecule has 0 aliphatic carbocycles. The molecule has 9 heteroatoms. The Hall–Kier alpha value is -1.28. The highest BCUT2D eigenvalue weighted by Crippen LogP contribution is 2.38. The second kappa shape index (κ2) is 60.3. The highest BCUT2D eigenvalue weighted by Gasteiger charge is 2.23. The Morgan fingerprint density at radius 2 is 0.744 bits per heavy atom. The molecule has 0 aliphatic rings. The molecule has 3 unspecified atom stereocenters. The molecule has 0 spiro atoms. The van der Waals surface area contributed by atoms with Crippen LogP contribution in [0.2, 0.25) is 0 Å². The number of likely N-dealkylation sites (N-methyl/N-ethyl adjacent to an activating group) is 1. The van der Waals surface area contributed by atoms with Crippen LogP contribution in [0.5, 0.6) is 0 Å². The molecule has 0 radical (unpaired) electrons. The van der Waals surface area contributed by atoms with Gasteiger partial charge in [0, 0.05) is 6.42 Å². The van der Waals surface area contributed by atoms with Gasteiger partial charge in [-0.1, -0.05) is 326 Å². The summed E-state index contributed by atoms with van der Waals surface area (Å²) in [4.78, 5) is 25.6. The maximum atomic E-state index is 13.0. The van der Waals surface area contributed by atoms with Crippen molar-refractivity contribution in [2.24, 2.45) is 0 Å². The van der Waals surface area contributed by atoms with Crippen LogP contribution in [0, 0.1) is 0 Å². The van der Waals surface area contributed by atoms with Gasteiger partial charge in [0.2, 0.25) is 5.91 Å². The fraction of sp³-hybridized carbons (Fsp3) is 0.899. The Morgan fingerprint density at radius 1 is 0.449 bits per heavy atom. The lowest BCUT2D eigenvalue weighted by atomic mass is 10.0. The molecular formula is C69H135N2O6P. The Labute approximate surface area is 487 Å². The summed E-state index contributed by atoms with van der Waals surface area (Å²) in [5, 5.41) is 14.0. The largest absolute Gasteiger partial charge is 0.756 e. The van der Waals surface area contributed by atoms with Gasteiger partial charge in [-0.2, -0.15) is 0 Å². The topological polar surface area (TPSA) is 108 Å². The van der Waals surface area contributed by atoms with Gasteiger partial charge in [-0.25, -0.2) is 0 Å². The van der Waals surface area contributed by atoms with Crippen LogP contribution in [0.15, 0.2) is 36.5 Å². The molecular weight excluding hydrogens is 984 g/mol. The molecule has 0 aromatic heterocycles. The van der Waals surface area contributed by atoms with Crippen LogP contribution in [0.1, 0.15) is 348 Å². The number of nitrogens with zero attached hydrogens (tertiary/aromatic N) is 1. The Bertz CT molecular complexity index is 1360. The van der Waals surface area contributed by atoms with Crippen molar-refractivity contribution in [1.29, 1.82) is 0 Å². The number of phosphoric acid groups is 1. The zero-order valence-electron chi connectivity index (χ0n) is 52.9. The third-order valence-electron chi connectivity index (χ3n) is 15.8. The highest BCUT2D eigenvalue weighted by atomic mass is 31.2. The number of nitrogens with one attached hydrogen (secondary N) is 1. The minimum absolute atomic E-state index is 0.00103. The van der Waals surface area contributed by atoms with Crippen LogP contribution in [-0.4, -0.2) is 68.5 Å². The number of aliphatic hydroxyl groups excluding tert-OH is 1. The van der Waals surface area contributed by atoms with Crippen molar-refractivity contribution in [3.63, 3.8) is 0 Å². The molecule has 0 bridgehead atoms. The van der Waals surface area contributed by atoms with Gasteiger partial charge in [0.05, 0.1) is 39.9 Å².